The number of ketones is 1. The van der Waals surface area contributed by atoms with Crippen LogP contribution >= 0.6 is 0 Å². The molecule has 6 nitrogen and oxygen atoms in total. The summed E-state index contributed by atoms with van der Waals surface area (Å²) in [6.07, 6.45) is 20.7. The topological polar surface area (TPSA) is 65.1 Å². The third-order valence-electron chi connectivity index (χ3n) is 10.2. The van der Waals surface area contributed by atoms with E-state index in [1.165, 1.54) is 57.8 Å². The van der Waals surface area contributed by atoms with E-state index in [0.29, 0.717) is 68.9 Å². The summed E-state index contributed by atoms with van der Waals surface area (Å²) in [6, 6.07) is 0. The van der Waals surface area contributed by atoms with Crippen molar-refractivity contribution in [3.05, 3.63) is 24.7 Å². The number of likely N-dealkylation sites (tertiary alicyclic amines) is 1. The normalized spacial score (nSPS) is 22.3. The number of nitrogens with zero attached hydrogens (tertiary/aromatic N) is 1. The van der Waals surface area contributed by atoms with Gasteiger partial charge < -0.3 is 19.1 Å². The lowest BCUT2D eigenvalue weighted by Crippen LogP contribution is -2.34. The summed E-state index contributed by atoms with van der Waals surface area (Å²) in [5, 5.41) is 0. The van der Waals surface area contributed by atoms with Crippen molar-refractivity contribution in [2.45, 2.75) is 149 Å². The van der Waals surface area contributed by atoms with Crippen LogP contribution < -0.4 is 0 Å². The Morgan fingerprint density at radius 1 is 0.761 bits per heavy atom. The Bertz CT molecular complexity index is 840. The van der Waals surface area contributed by atoms with Crippen molar-refractivity contribution in [3.8, 4) is 0 Å². The molecule has 0 amide bonds. The highest BCUT2D eigenvalue weighted by Gasteiger charge is 2.36. The van der Waals surface area contributed by atoms with Crippen molar-refractivity contribution in [2.24, 2.45) is 29.6 Å². The second kappa shape index (κ2) is 24.3. The van der Waals surface area contributed by atoms with Gasteiger partial charge in [-0.15, -0.1) is 0 Å². The fourth-order valence-corrected chi connectivity index (χ4v) is 7.33. The summed E-state index contributed by atoms with van der Waals surface area (Å²) in [7, 11) is 2.15. The molecule has 46 heavy (non-hydrogen) atoms. The SMILES string of the molecule is C=C(CC(CC(=C)OC[C@@H]1CC[C@@H](C)CC1C(=O)CC1CCN(C)C1)CC(=O)OCCCCCCCC)OCCCCCCCC. The van der Waals surface area contributed by atoms with Crippen molar-refractivity contribution >= 4 is 11.8 Å². The molecule has 0 aromatic rings. The monoisotopic (exact) mass is 646 g/mol. The lowest BCUT2D eigenvalue weighted by atomic mass is 9.71. The Labute approximate surface area is 283 Å². The van der Waals surface area contributed by atoms with E-state index in [9.17, 15) is 9.59 Å². The molecule has 5 atom stereocenters. The van der Waals surface area contributed by atoms with Gasteiger partial charge in [-0.05, 0) is 63.5 Å². The molecule has 1 saturated heterocycles. The quantitative estimate of drug-likeness (QED) is 0.0503. The van der Waals surface area contributed by atoms with Gasteiger partial charge in [0.25, 0.3) is 0 Å². The Morgan fingerprint density at radius 2 is 1.35 bits per heavy atom. The Kier molecular flexibility index (Phi) is 21.4. The van der Waals surface area contributed by atoms with Crippen molar-refractivity contribution in [3.63, 3.8) is 0 Å². The molecule has 1 aliphatic carbocycles. The zero-order chi connectivity index (χ0) is 33.6. The fourth-order valence-electron chi connectivity index (χ4n) is 7.33. The van der Waals surface area contributed by atoms with E-state index in [0.717, 1.165) is 63.8 Å². The maximum absolute atomic E-state index is 13.5. The van der Waals surface area contributed by atoms with Crippen LogP contribution in [0.1, 0.15) is 149 Å². The van der Waals surface area contributed by atoms with Crippen molar-refractivity contribution in [2.75, 3.05) is 40.0 Å². The first kappa shape index (κ1) is 40.4. The average molecular weight is 646 g/mol. The minimum atomic E-state index is -0.167. The van der Waals surface area contributed by atoms with Gasteiger partial charge in [0, 0.05) is 44.1 Å². The second-order valence-corrected chi connectivity index (χ2v) is 14.8. The van der Waals surface area contributed by atoms with Crippen LogP contribution in [-0.4, -0.2) is 56.6 Å². The van der Waals surface area contributed by atoms with E-state index in [2.05, 4.69) is 45.9 Å². The van der Waals surface area contributed by atoms with Gasteiger partial charge in [-0.1, -0.05) is 105 Å². The summed E-state index contributed by atoms with van der Waals surface area (Å²) in [5.74, 6) is 3.00. The number of Topliss-reactive ketones (excluding diaryl/α,β-unsaturated/α-hetero) is 1. The van der Waals surface area contributed by atoms with Crippen LogP contribution in [0.15, 0.2) is 24.7 Å². The number of esters is 1. The maximum atomic E-state index is 13.5. The molecule has 0 spiro atoms. The molecule has 0 bridgehead atoms. The number of unbranched alkanes of at least 4 members (excludes halogenated alkanes) is 10. The van der Waals surface area contributed by atoms with E-state index in [1.54, 1.807) is 0 Å². The molecule has 0 radical (unpaired) electrons. The molecule has 1 saturated carbocycles. The minimum Gasteiger partial charge on any atom is -0.499 e. The number of carbonyl (C=O) groups excluding carboxylic acids is 2. The van der Waals surface area contributed by atoms with Gasteiger partial charge in [0.1, 0.15) is 5.78 Å². The lowest BCUT2D eigenvalue weighted by Gasteiger charge is -2.34. The second-order valence-electron chi connectivity index (χ2n) is 14.8. The third kappa shape index (κ3) is 17.9. The van der Waals surface area contributed by atoms with E-state index < -0.39 is 0 Å². The fraction of sp³-hybridized carbons (Fsp3) is 0.850. The van der Waals surface area contributed by atoms with Gasteiger partial charge in [0.2, 0.25) is 0 Å². The first-order valence-corrected chi connectivity index (χ1v) is 19.2. The number of carbonyl (C=O) groups is 2. The Morgan fingerprint density at radius 3 is 1.96 bits per heavy atom. The van der Waals surface area contributed by atoms with E-state index in [4.69, 9.17) is 14.2 Å². The molecule has 1 aliphatic heterocycles. The van der Waals surface area contributed by atoms with Gasteiger partial charge in [0.15, 0.2) is 0 Å². The molecule has 0 N–H and O–H groups in total. The van der Waals surface area contributed by atoms with Gasteiger partial charge in [-0.3, -0.25) is 9.59 Å². The average Bonchev–Trinajstić information content (AvgIpc) is 3.43. The van der Waals surface area contributed by atoms with Crippen LogP contribution in [0.3, 0.4) is 0 Å². The minimum absolute atomic E-state index is 0.0372. The van der Waals surface area contributed by atoms with E-state index in [1.807, 2.05) is 0 Å². The predicted molar refractivity (Wildman–Crippen MR) is 190 cm³/mol. The predicted octanol–water partition coefficient (Wildman–Crippen LogP) is 10.1. The Balaban J connectivity index is 1.86. The largest absolute Gasteiger partial charge is 0.499 e. The summed E-state index contributed by atoms with van der Waals surface area (Å²) in [4.78, 5) is 28.6. The van der Waals surface area contributed by atoms with Gasteiger partial charge >= 0.3 is 5.97 Å². The van der Waals surface area contributed by atoms with Gasteiger partial charge in [0.05, 0.1) is 31.3 Å². The zero-order valence-electron chi connectivity index (χ0n) is 30.5. The van der Waals surface area contributed by atoms with Crippen LogP contribution in [0.2, 0.25) is 0 Å². The molecule has 266 valence electrons. The highest BCUT2D eigenvalue weighted by atomic mass is 16.5. The molecular weight excluding hydrogens is 574 g/mol. The van der Waals surface area contributed by atoms with Gasteiger partial charge in [-0.2, -0.15) is 0 Å². The van der Waals surface area contributed by atoms with Crippen LogP contribution in [0, 0.1) is 29.6 Å². The number of hydrogen-bond donors (Lipinski definition) is 0. The number of hydrogen-bond acceptors (Lipinski definition) is 6. The Hall–Kier alpha value is -1.82. The van der Waals surface area contributed by atoms with Crippen LogP contribution in [-0.2, 0) is 23.8 Å². The highest BCUT2D eigenvalue weighted by molar-refractivity contribution is 5.81. The highest BCUT2D eigenvalue weighted by Crippen LogP contribution is 2.37. The summed E-state index contributed by atoms with van der Waals surface area (Å²) in [6.45, 7) is 19.0. The molecule has 0 aromatic carbocycles. The van der Waals surface area contributed by atoms with Crippen molar-refractivity contribution in [1.29, 1.82) is 0 Å². The van der Waals surface area contributed by atoms with Gasteiger partial charge in [-0.25, -0.2) is 0 Å². The molecule has 2 rings (SSSR count). The van der Waals surface area contributed by atoms with Crippen LogP contribution in [0.25, 0.3) is 0 Å². The molecule has 3 unspecified atom stereocenters. The van der Waals surface area contributed by atoms with Crippen LogP contribution in [0.4, 0.5) is 0 Å². The smallest absolute Gasteiger partial charge is 0.306 e. The molecule has 0 aromatic heterocycles. The molecular formula is C40H71NO5. The molecule has 2 aliphatic rings. The number of rotatable bonds is 27. The summed E-state index contributed by atoms with van der Waals surface area (Å²) >= 11 is 0. The standard InChI is InChI=1S/C40H71NO5/c1-7-9-11-13-15-17-23-44-33(4)26-36(29-40(43)45-24-18-16-14-12-10-8-2)27-34(5)46-31-37-20-19-32(3)25-38(37)39(42)28-35-21-22-41(6)30-35/h32,35-38H,4-5,7-31H2,1-3,6H3/t32-,35?,36?,37+,38?/m1/s1. The van der Waals surface area contributed by atoms with Crippen molar-refractivity contribution < 1.29 is 23.8 Å². The van der Waals surface area contributed by atoms with E-state index in [-0.39, 0.29) is 23.7 Å². The zero-order valence-corrected chi connectivity index (χ0v) is 30.5. The molecule has 6 heteroatoms. The number of allylic oxidation sites excluding steroid dienone is 2. The van der Waals surface area contributed by atoms with E-state index >= 15 is 0 Å². The van der Waals surface area contributed by atoms with Crippen molar-refractivity contribution in [1.82, 2.24) is 4.90 Å². The molecule has 2 fully saturated rings. The molecule has 1 heterocycles. The summed E-state index contributed by atoms with van der Waals surface area (Å²) < 4.78 is 17.9. The lowest BCUT2D eigenvalue weighted by molar-refractivity contribution is -0.145. The first-order valence-electron chi connectivity index (χ1n) is 19.2. The third-order valence-corrected chi connectivity index (χ3v) is 10.2. The summed E-state index contributed by atoms with van der Waals surface area (Å²) in [5.41, 5.74) is 0. The first-order chi connectivity index (χ1) is 22.2. The van der Waals surface area contributed by atoms with Crippen LogP contribution in [0.5, 0.6) is 0 Å². The maximum Gasteiger partial charge on any atom is 0.306 e. The number of ether oxygens (including phenoxy) is 3.